The smallest absolute Gasteiger partial charge is 0.229 e. The van der Waals surface area contributed by atoms with E-state index in [9.17, 15) is 28.8 Å². The van der Waals surface area contributed by atoms with Crippen LogP contribution in [-0.2, 0) is 89.4 Å². The summed E-state index contributed by atoms with van der Waals surface area (Å²) in [6.07, 6.45) is 62.3. The lowest BCUT2D eigenvalue weighted by Crippen LogP contribution is -3.07. The Morgan fingerprint density at radius 2 is 0.514 bits per heavy atom. The average Bonchev–Trinajstić information content (AvgIpc) is 0.675. The highest BCUT2D eigenvalue weighted by atomic mass is 16.2. The van der Waals surface area contributed by atoms with E-state index < -0.39 is 0 Å². The van der Waals surface area contributed by atoms with E-state index in [4.69, 9.17) is 0 Å². The second kappa shape index (κ2) is 36.2. The second-order valence-electron chi connectivity index (χ2n) is 56.2. The molecule has 144 heavy (non-hydrogen) atoms. The summed E-state index contributed by atoms with van der Waals surface area (Å²) in [4.78, 5) is 90.5. The van der Waals surface area contributed by atoms with Crippen LogP contribution >= 0.6 is 0 Å². The summed E-state index contributed by atoms with van der Waals surface area (Å²) in [5.41, 5.74) is 8.78. The van der Waals surface area contributed by atoms with Gasteiger partial charge in [0.15, 0.2) is 0 Å². The molecule has 22 saturated carbocycles. The molecule has 6 aromatic rings. The van der Waals surface area contributed by atoms with Gasteiger partial charge in [-0.1, -0.05) is 109 Å². The molecule has 28 aliphatic rings. The third-order valence-corrected chi connectivity index (χ3v) is 44.0. The van der Waals surface area contributed by atoms with Gasteiger partial charge in [-0.25, -0.2) is 0 Å². The van der Waals surface area contributed by atoms with Gasteiger partial charge in [0.05, 0.1) is 87.7 Å². The maximum absolute atomic E-state index is 13.4. The zero-order valence-electron chi connectivity index (χ0n) is 90.8. The van der Waals surface area contributed by atoms with Crippen molar-refractivity contribution < 1.29 is 28.8 Å². The third kappa shape index (κ3) is 15.8. The maximum atomic E-state index is 13.4. The molecule has 12 heterocycles. The molecule has 6 amide bonds. The van der Waals surface area contributed by atoms with Crippen LogP contribution in [0.3, 0.4) is 0 Å². The van der Waals surface area contributed by atoms with E-state index in [-0.39, 0.29) is 49.2 Å². The normalized spacial score (nSPS) is 36.5. The summed E-state index contributed by atoms with van der Waals surface area (Å²) in [6.45, 7) is 47.1. The van der Waals surface area contributed by atoms with E-state index in [0.717, 1.165) is 353 Å². The van der Waals surface area contributed by atoms with Crippen molar-refractivity contribution in [2.45, 2.75) is 357 Å². The first-order chi connectivity index (χ1) is 69.0. The predicted octanol–water partition coefficient (Wildman–Crippen LogP) is 19.3. The Kier molecular flexibility index (Phi) is 24.7. The molecule has 0 N–H and O–H groups in total. The fraction of sp³-hybridized carbons (Fsp3) is 0.800. The monoisotopic (exact) mass is 1970 g/mol. The number of piperidine rings is 6. The number of carbonyl (C=O) groups is 6. The molecular weight excluding hydrogens is 1790 g/mol. The molecule has 782 valence electrons. The number of rotatable bonds is 24. The molecule has 22 aliphatic carbocycles. The van der Waals surface area contributed by atoms with E-state index >= 15 is 0 Å². The van der Waals surface area contributed by atoms with Gasteiger partial charge in [-0.15, -0.1) is 0 Å². The quantitative estimate of drug-likeness (QED) is 0.0551. The second-order valence-corrected chi connectivity index (χ2v) is 56.2. The summed E-state index contributed by atoms with van der Waals surface area (Å²) < 4.78 is 13.0. The SMILES string of the molecule is CC(C)Cc1cnn(C2(C)CCN(C(=O)C34C5C6C7C5C3C7C64)CC2)c1.CC(C)Cc1cnn(C2(C)CCN(C(=O)C34CC(C3)C4)CC2)c1.CC(C)Cc1cnn(C2(C)CCN(C(=O)C34CCCC(C3)C4)CC2)c1.CC(C)Cc1cnn(C2(C)CCN(C(=O)C3CC3)CC2)c1.CC(C)Cc1cnn(C2CCN(C(=O)C34C5C6C7C5C3C7C64)CC2)c1.CC(C)Cc1cnn(C2CCN(C(=O)C34CCCC(C3)C4)CC2)c1. The van der Waals surface area contributed by atoms with Gasteiger partial charge in [0, 0.05) is 132 Å². The van der Waals surface area contributed by atoms with Crippen molar-refractivity contribution in [3.63, 3.8) is 0 Å². The van der Waals surface area contributed by atoms with Crippen LogP contribution in [0.4, 0.5) is 0 Å². The first kappa shape index (κ1) is 98.1. The summed E-state index contributed by atoms with van der Waals surface area (Å²) in [5.74, 6) is 23.0. The largest absolute Gasteiger partial charge is 0.342 e. The molecule has 0 unspecified atom stereocenters. The molecule has 0 aromatic carbocycles. The minimum atomic E-state index is 0.0345. The van der Waals surface area contributed by atoms with Gasteiger partial charge in [-0.3, -0.25) is 56.9 Å². The summed E-state index contributed by atoms with van der Waals surface area (Å²) in [7, 11) is 0. The molecule has 6 bridgehead atoms. The van der Waals surface area contributed by atoms with E-state index in [1.807, 2.05) is 37.2 Å². The highest BCUT2D eigenvalue weighted by Gasteiger charge is 3.07. The van der Waals surface area contributed by atoms with E-state index in [1.54, 1.807) is 0 Å². The van der Waals surface area contributed by atoms with Crippen LogP contribution < -0.4 is 0 Å². The number of fused-ring (bicyclic) bond motifs is 4. The Balaban J connectivity index is 0.0000000931. The fourth-order valence-corrected chi connectivity index (χ4v) is 36.1. The van der Waals surface area contributed by atoms with Crippen molar-refractivity contribution >= 4 is 35.4 Å². The zero-order valence-corrected chi connectivity index (χ0v) is 90.8. The number of hydrogen-bond acceptors (Lipinski definition) is 12. The van der Waals surface area contributed by atoms with Gasteiger partial charge in [0.1, 0.15) is 0 Å². The predicted molar refractivity (Wildman–Crippen MR) is 556 cm³/mol. The molecule has 28 fully saturated rings. The summed E-state index contributed by atoms with van der Waals surface area (Å²) in [6, 6.07) is 0.946. The molecule has 0 spiro atoms. The summed E-state index contributed by atoms with van der Waals surface area (Å²) in [5, 5.41) is 27.8. The van der Waals surface area contributed by atoms with Gasteiger partial charge < -0.3 is 29.4 Å². The van der Waals surface area contributed by atoms with Crippen LogP contribution in [-0.4, -0.2) is 202 Å². The van der Waals surface area contributed by atoms with E-state index in [0.29, 0.717) is 89.0 Å². The highest BCUT2D eigenvalue weighted by molar-refractivity contribution is 5.93. The first-order valence-corrected chi connectivity index (χ1v) is 58.9. The highest BCUT2D eigenvalue weighted by Crippen LogP contribution is 3.07. The van der Waals surface area contributed by atoms with Crippen molar-refractivity contribution in [2.24, 2.45) is 169 Å². The minimum absolute atomic E-state index is 0.0345. The number of hydrogen-bond donors (Lipinski definition) is 0. The number of amides is 6. The molecule has 0 atom stereocenters. The van der Waals surface area contributed by atoms with Gasteiger partial charge in [0.2, 0.25) is 35.4 Å². The van der Waals surface area contributed by atoms with Crippen molar-refractivity contribution in [3.8, 4) is 0 Å². The number of nitrogens with zero attached hydrogens (tertiary/aromatic N) is 18. The van der Waals surface area contributed by atoms with Gasteiger partial charge in [0.25, 0.3) is 0 Å². The fourth-order valence-electron chi connectivity index (χ4n) is 36.1. The maximum Gasteiger partial charge on any atom is 0.229 e. The lowest BCUT2D eigenvalue weighted by molar-refractivity contribution is -0.597. The van der Waals surface area contributed by atoms with Crippen LogP contribution in [0.15, 0.2) is 74.4 Å². The zero-order chi connectivity index (χ0) is 99.9. The van der Waals surface area contributed by atoms with Crippen LogP contribution in [0.5, 0.6) is 0 Å². The van der Waals surface area contributed by atoms with Crippen molar-refractivity contribution in [3.05, 3.63) is 108 Å². The average molecular weight is 1970 g/mol. The van der Waals surface area contributed by atoms with E-state index in [1.165, 1.54) is 71.9 Å². The van der Waals surface area contributed by atoms with E-state index in [2.05, 4.69) is 236 Å². The molecule has 24 heteroatoms. The number of aromatic nitrogens is 12. The lowest BCUT2D eigenvalue weighted by atomic mass is 8.96. The minimum Gasteiger partial charge on any atom is -0.342 e. The Morgan fingerprint density at radius 3 is 0.771 bits per heavy atom. The first-order valence-electron chi connectivity index (χ1n) is 58.9. The molecule has 6 aromatic heterocycles. The molecule has 6 aliphatic heterocycles. The van der Waals surface area contributed by atoms with Gasteiger partial charge in [-0.05, 0) is 383 Å². The number of likely N-dealkylation sites (tertiary alicyclic amines) is 6. The van der Waals surface area contributed by atoms with Crippen molar-refractivity contribution in [1.29, 1.82) is 0 Å². The van der Waals surface area contributed by atoms with Crippen LogP contribution in [0.25, 0.3) is 0 Å². The standard InChI is InChI=1S/C22H29N3O.C21H27N3O.C21H33N3O.C20H31N3O.C19H29N3O.C17H27N3O/c1-11(2)8-12-9-23-25(10-12)21(3)4-6-24(7-5-21)20(26)22-17-14-13-15(17)19(22)16(13)18(14)22;1-10(2)7-11-8-22-24(9-11)12-3-5-23(6-4-12)20(25)21-17-14-13-15(17)19(21)16(13)18(14)21;1-16(2)11-18-14-22-24(15-18)20(3)7-9-23(10-8-20)19(25)21-6-4-5-17(12-21)13-21;1-15(2)10-17-13-21-23(14-17)18-5-8-22(9-6-18)19(24)20-7-3-4-16(11-20)12-20;1-14(2)8-15-12-20-22(13-15)18(3)4-6-21(7-5-18)17(23)19-9-16(10-19)11-19;1-13(2)10-14-11-18-20(12-14)17(3)6-8-19(9-7-17)16(21)15-4-5-15/h9-11,13-19H,4-8H2,1-3H3;8-10,12-19H,3-7H2,1-2H3;14-17H,4-13H2,1-3H3;13-16,18H,3-12H2,1-2H3;12-14,16H,4-11H2,1-3H3;11-13,15H,4-10H2,1-3H3. The lowest BCUT2D eigenvalue weighted by Gasteiger charge is -3.06. The Hall–Kier alpha value is -7.92. The van der Waals surface area contributed by atoms with Crippen molar-refractivity contribution in [2.75, 3.05) is 78.5 Å². The van der Waals surface area contributed by atoms with Gasteiger partial charge >= 0.3 is 0 Å². The molecule has 24 nitrogen and oxygen atoms in total. The topological polar surface area (TPSA) is 229 Å². The Labute approximate surface area is 859 Å². The van der Waals surface area contributed by atoms with Crippen molar-refractivity contribution in [1.82, 2.24) is 88.1 Å². The molecular formula is C120H176N18O6. The van der Waals surface area contributed by atoms with Crippen LogP contribution in [0.1, 0.15) is 330 Å². The van der Waals surface area contributed by atoms with Crippen LogP contribution in [0.2, 0.25) is 0 Å². The molecule has 6 saturated heterocycles. The third-order valence-electron chi connectivity index (χ3n) is 44.0. The summed E-state index contributed by atoms with van der Waals surface area (Å²) >= 11 is 0. The number of carbonyl (C=O) groups excluding carboxylic acids is 6. The molecule has 0 radical (unpaired) electrons. The van der Waals surface area contributed by atoms with Gasteiger partial charge in [-0.2, -0.15) is 30.6 Å². The molecule has 34 rings (SSSR count). The Morgan fingerprint density at radius 1 is 0.271 bits per heavy atom. The van der Waals surface area contributed by atoms with Crippen LogP contribution in [0, 0.1) is 169 Å². The Bertz CT molecular complexity index is 5610.